The van der Waals surface area contributed by atoms with E-state index in [0.29, 0.717) is 18.6 Å². The van der Waals surface area contributed by atoms with Crippen molar-refractivity contribution in [2.45, 2.75) is 32.0 Å². The highest BCUT2D eigenvalue weighted by atomic mass is 15.3. The maximum absolute atomic E-state index is 4.33. The molecule has 7 heteroatoms. The van der Waals surface area contributed by atoms with Crippen LogP contribution in [0.25, 0.3) is 0 Å². The summed E-state index contributed by atoms with van der Waals surface area (Å²) in [4.78, 5) is 6.84. The molecule has 0 radical (unpaired) electrons. The van der Waals surface area contributed by atoms with Gasteiger partial charge in [0, 0.05) is 39.3 Å². The van der Waals surface area contributed by atoms with Crippen LogP contribution in [0.1, 0.15) is 30.8 Å². The van der Waals surface area contributed by atoms with Crippen molar-refractivity contribution in [2.24, 2.45) is 12.0 Å². The van der Waals surface area contributed by atoms with E-state index in [0.717, 1.165) is 31.3 Å². The van der Waals surface area contributed by atoms with Gasteiger partial charge in [0.2, 0.25) is 0 Å². The summed E-state index contributed by atoms with van der Waals surface area (Å²) >= 11 is 0. The Bertz CT molecular complexity index is 694. The zero-order valence-corrected chi connectivity index (χ0v) is 15.2. The van der Waals surface area contributed by atoms with Gasteiger partial charge in [0.15, 0.2) is 11.8 Å². The molecular formula is C18H27N7. The molecule has 0 spiro atoms. The van der Waals surface area contributed by atoms with Crippen LogP contribution in [-0.4, -0.2) is 51.8 Å². The zero-order chi connectivity index (χ0) is 17.6. The number of likely N-dealkylation sites (tertiary alicyclic amines) is 1. The molecule has 1 aliphatic heterocycles. The molecule has 0 saturated carbocycles. The lowest BCUT2D eigenvalue weighted by Crippen LogP contribution is -2.44. The number of aryl methyl sites for hydroxylation is 1. The van der Waals surface area contributed by atoms with E-state index in [-0.39, 0.29) is 0 Å². The first-order valence-electron chi connectivity index (χ1n) is 8.76. The van der Waals surface area contributed by atoms with Crippen LogP contribution >= 0.6 is 0 Å². The molecule has 1 aromatic carbocycles. The zero-order valence-electron chi connectivity index (χ0n) is 15.2. The normalized spacial score (nSPS) is 19.8. The van der Waals surface area contributed by atoms with Crippen LogP contribution < -0.4 is 10.6 Å². The minimum Gasteiger partial charge on any atom is -0.352 e. The molecule has 1 saturated heterocycles. The Kier molecular flexibility index (Phi) is 5.65. The number of nitrogens with zero attached hydrogens (tertiary/aromatic N) is 5. The van der Waals surface area contributed by atoms with E-state index in [4.69, 9.17) is 0 Å². The summed E-state index contributed by atoms with van der Waals surface area (Å²) in [6.45, 7) is 4.99. The van der Waals surface area contributed by atoms with E-state index in [2.05, 4.69) is 68.0 Å². The van der Waals surface area contributed by atoms with E-state index in [9.17, 15) is 0 Å². The Morgan fingerprint density at radius 1 is 1.36 bits per heavy atom. The molecule has 2 atom stereocenters. The molecule has 3 rings (SSSR count). The number of hydrogen-bond donors (Lipinski definition) is 2. The number of hydrogen-bond acceptors (Lipinski definition) is 4. The fraction of sp³-hybridized carbons (Fsp3) is 0.500. The fourth-order valence-corrected chi connectivity index (χ4v) is 3.22. The summed E-state index contributed by atoms with van der Waals surface area (Å²) < 4.78 is 1.90. The van der Waals surface area contributed by atoms with Crippen molar-refractivity contribution >= 4 is 5.96 Å². The fourth-order valence-electron chi connectivity index (χ4n) is 3.22. The molecule has 1 fully saturated rings. The van der Waals surface area contributed by atoms with Crippen molar-refractivity contribution in [2.75, 3.05) is 20.1 Å². The lowest BCUT2D eigenvalue weighted by atomic mass is 10.1. The highest BCUT2D eigenvalue weighted by Gasteiger charge is 2.27. The first-order valence-corrected chi connectivity index (χ1v) is 8.76. The Morgan fingerprint density at radius 2 is 2.16 bits per heavy atom. The summed E-state index contributed by atoms with van der Waals surface area (Å²) in [5, 5.41) is 14.8. The van der Waals surface area contributed by atoms with Gasteiger partial charge in [-0.3, -0.25) is 9.89 Å². The van der Waals surface area contributed by atoms with Crippen molar-refractivity contribution in [3.05, 3.63) is 48.0 Å². The van der Waals surface area contributed by atoms with Crippen LogP contribution in [0.5, 0.6) is 0 Å². The molecule has 25 heavy (non-hydrogen) atoms. The molecule has 2 unspecified atom stereocenters. The predicted molar refractivity (Wildman–Crippen MR) is 99.2 cm³/mol. The quantitative estimate of drug-likeness (QED) is 0.634. The number of aromatic nitrogens is 3. The molecule has 2 heterocycles. The highest BCUT2D eigenvalue weighted by molar-refractivity contribution is 5.79. The molecule has 0 bridgehead atoms. The second-order valence-electron chi connectivity index (χ2n) is 6.50. The lowest BCUT2D eigenvalue weighted by Gasteiger charge is -2.25. The lowest BCUT2D eigenvalue weighted by molar-refractivity contribution is 0.258. The van der Waals surface area contributed by atoms with Gasteiger partial charge >= 0.3 is 0 Å². The van der Waals surface area contributed by atoms with E-state index in [1.54, 1.807) is 13.4 Å². The Balaban J connectivity index is 1.50. The van der Waals surface area contributed by atoms with Crippen molar-refractivity contribution in [1.82, 2.24) is 30.3 Å². The standard InChI is InChI=1S/C18H27N7/c1-14(15-7-5-4-6-8-15)25-10-9-16(12-25)22-18(19-2)20-11-17-23-21-13-24(17)3/h4-8,13-14,16H,9-12H2,1-3H3,(H2,19,20,22). The van der Waals surface area contributed by atoms with E-state index >= 15 is 0 Å². The molecule has 0 amide bonds. The second-order valence-corrected chi connectivity index (χ2v) is 6.50. The third-order valence-corrected chi connectivity index (χ3v) is 4.83. The molecule has 7 nitrogen and oxygen atoms in total. The maximum Gasteiger partial charge on any atom is 0.191 e. The molecule has 2 aromatic rings. The average Bonchev–Trinajstić information content (AvgIpc) is 3.27. The predicted octanol–water partition coefficient (Wildman–Crippen LogP) is 1.32. The minimum atomic E-state index is 0.400. The van der Waals surface area contributed by atoms with Crippen molar-refractivity contribution in [1.29, 1.82) is 0 Å². The van der Waals surface area contributed by atoms with Crippen LogP contribution in [0.3, 0.4) is 0 Å². The van der Waals surface area contributed by atoms with Crippen molar-refractivity contribution in [3.8, 4) is 0 Å². The van der Waals surface area contributed by atoms with Crippen molar-refractivity contribution < 1.29 is 0 Å². The van der Waals surface area contributed by atoms with Gasteiger partial charge in [-0.25, -0.2) is 0 Å². The summed E-state index contributed by atoms with van der Waals surface area (Å²) in [6, 6.07) is 11.5. The number of rotatable bonds is 5. The molecule has 134 valence electrons. The first kappa shape index (κ1) is 17.4. The number of guanidine groups is 1. The van der Waals surface area contributed by atoms with Gasteiger partial charge in [0.05, 0.1) is 6.54 Å². The number of nitrogens with one attached hydrogen (secondary N) is 2. The molecule has 0 aliphatic carbocycles. The van der Waals surface area contributed by atoms with Gasteiger partial charge in [0.25, 0.3) is 0 Å². The first-order chi connectivity index (χ1) is 12.2. The monoisotopic (exact) mass is 341 g/mol. The minimum absolute atomic E-state index is 0.400. The van der Waals surface area contributed by atoms with E-state index in [1.807, 2.05) is 11.6 Å². The largest absolute Gasteiger partial charge is 0.352 e. The highest BCUT2D eigenvalue weighted by Crippen LogP contribution is 2.24. The summed E-state index contributed by atoms with van der Waals surface area (Å²) in [5.41, 5.74) is 1.37. The van der Waals surface area contributed by atoms with E-state index in [1.165, 1.54) is 5.56 Å². The summed E-state index contributed by atoms with van der Waals surface area (Å²) in [6.07, 6.45) is 2.81. The maximum atomic E-state index is 4.33. The van der Waals surface area contributed by atoms with Crippen molar-refractivity contribution in [3.63, 3.8) is 0 Å². The van der Waals surface area contributed by atoms with Gasteiger partial charge in [-0.05, 0) is 18.9 Å². The Hall–Kier alpha value is -2.41. The summed E-state index contributed by atoms with van der Waals surface area (Å²) in [7, 11) is 3.73. The number of aliphatic imine (C=N–C) groups is 1. The molecule has 1 aliphatic rings. The van der Waals surface area contributed by atoms with Crippen LogP contribution in [0.4, 0.5) is 0 Å². The van der Waals surface area contributed by atoms with Crippen LogP contribution in [0, 0.1) is 0 Å². The Morgan fingerprint density at radius 3 is 2.84 bits per heavy atom. The van der Waals surface area contributed by atoms with Gasteiger partial charge in [0.1, 0.15) is 6.33 Å². The molecule has 1 aromatic heterocycles. The summed E-state index contributed by atoms with van der Waals surface area (Å²) in [5.74, 6) is 1.69. The van der Waals surface area contributed by atoms with Crippen LogP contribution in [0.2, 0.25) is 0 Å². The van der Waals surface area contributed by atoms with Crippen LogP contribution in [0.15, 0.2) is 41.7 Å². The van der Waals surface area contributed by atoms with Gasteiger partial charge in [-0.1, -0.05) is 30.3 Å². The van der Waals surface area contributed by atoms with E-state index < -0.39 is 0 Å². The third kappa shape index (κ3) is 4.36. The van der Waals surface area contributed by atoms with Gasteiger partial charge in [-0.15, -0.1) is 10.2 Å². The average molecular weight is 341 g/mol. The second kappa shape index (κ2) is 8.11. The topological polar surface area (TPSA) is 70.4 Å². The molecule has 2 N–H and O–H groups in total. The molecular weight excluding hydrogens is 314 g/mol. The SMILES string of the molecule is CN=C(NCc1nncn1C)NC1CCN(C(C)c2ccccc2)C1. The van der Waals surface area contributed by atoms with Gasteiger partial charge in [-0.2, -0.15) is 0 Å². The third-order valence-electron chi connectivity index (χ3n) is 4.83. The smallest absolute Gasteiger partial charge is 0.191 e. The van der Waals surface area contributed by atoms with Gasteiger partial charge < -0.3 is 15.2 Å². The Labute approximate surface area is 149 Å². The van der Waals surface area contributed by atoms with Crippen LogP contribution in [-0.2, 0) is 13.6 Å². The number of benzene rings is 1.